The lowest BCUT2D eigenvalue weighted by atomic mass is 10.1. The van der Waals surface area contributed by atoms with Crippen molar-refractivity contribution in [3.05, 3.63) is 29.8 Å². The van der Waals surface area contributed by atoms with E-state index in [1.807, 2.05) is 24.0 Å². The van der Waals surface area contributed by atoms with Gasteiger partial charge in [0.1, 0.15) is 0 Å². The molecule has 10 nitrogen and oxygen atoms in total. The van der Waals surface area contributed by atoms with Crippen LogP contribution in [0.25, 0.3) is 0 Å². The summed E-state index contributed by atoms with van der Waals surface area (Å²) in [6, 6.07) is 7.19. The summed E-state index contributed by atoms with van der Waals surface area (Å²) in [7, 11) is 0. The molecule has 174 valence electrons. The number of imide groups is 1. The van der Waals surface area contributed by atoms with Gasteiger partial charge in [0.2, 0.25) is 5.91 Å². The third-order valence-electron chi connectivity index (χ3n) is 6.41. The summed E-state index contributed by atoms with van der Waals surface area (Å²) in [5.41, 5.74) is 2.15. The number of anilines is 1. The molecule has 0 radical (unpaired) electrons. The van der Waals surface area contributed by atoms with Gasteiger partial charge in [-0.25, -0.2) is 14.5 Å². The van der Waals surface area contributed by atoms with Crippen molar-refractivity contribution in [1.29, 1.82) is 0 Å². The highest BCUT2D eigenvalue weighted by molar-refractivity contribution is 5.96. The zero-order valence-corrected chi connectivity index (χ0v) is 18.7. The van der Waals surface area contributed by atoms with Crippen LogP contribution in [0.4, 0.5) is 15.3 Å². The Morgan fingerprint density at radius 1 is 1.09 bits per heavy atom. The monoisotopic (exact) mass is 444 g/mol. The number of urea groups is 2. The van der Waals surface area contributed by atoms with Crippen LogP contribution in [-0.2, 0) is 9.53 Å². The Kier molecular flexibility index (Phi) is 6.80. The molecular weight excluding hydrogens is 412 g/mol. The van der Waals surface area contributed by atoms with Gasteiger partial charge in [-0.05, 0) is 37.5 Å². The van der Waals surface area contributed by atoms with E-state index in [9.17, 15) is 14.4 Å². The van der Waals surface area contributed by atoms with E-state index in [1.54, 1.807) is 6.92 Å². The molecule has 5 amide bonds. The SMILES string of the molecule is CC(=O)N1CCN(c2cccc([C@H](C)NC3NC(=O)N(C4CCOCC4)C(=O)N3)c2)CC1. The van der Waals surface area contributed by atoms with Gasteiger partial charge in [0, 0.05) is 64.1 Å². The number of ether oxygens (including phenoxy) is 1. The molecule has 10 heteroatoms. The van der Waals surface area contributed by atoms with Gasteiger partial charge in [-0.15, -0.1) is 0 Å². The minimum atomic E-state index is -0.649. The van der Waals surface area contributed by atoms with Crippen molar-refractivity contribution in [3.63, 3.8) is 0 Å². The number of nitrogens with one attached hydrogen (secondary N) is 3. The van der Waals surface area contributed by atoms with Crippen LogP contribution in [-0.4, -0.2) is 79.5 Å². The Morgan fingerprint density at radius 3 is 2.38 bits per heavy atom. The van der Waals surface area contributed by atoms with E-state index in [1.165, 1.54) is 4.90 Å². The van der Waals surface area contributed by atoms with E-state index in [2.05, 4.69) is 33.0 Å². The van der Waals surface area contributed by atoms with Crippen LogP contribution in [0, 0.1) is 0 Å². The van der Waals surface area contributed by atoms with Crippen molar-refractivity contribution in [2.45, 2.75) is 45.1 Å². The first-order chi connectivity index (χ1) is 15.4. The molecule has 0 aliphatic carbocycles. The summed E-state index contributed by atoms with van der Waals surface area (Å²) in [5, 5.41) is 8.97. The first kappa shape index (κ1) is 22.3. The number of rotatable bonds is 5. The third-order valence-corrected chi connectivity index (χ3v) is 6.41. The highest BCUT2D eigenvalue weighted by atomic mass is 16.5. The first-order valence-corrected chi connectivity index (χ1v) is 11.3. The van der Waals surface area contributed by atoms with Gasteiger partial charge in [0.15, 0.2) is 6.29 Å². The number of benzene rings is 1. The molecule has 3 heterocycles. The molecule has 0 spiro atoms. The maximum Gasteiger partial charge on any atom is 0.328 e. The van der Waals surface area contributed by atoms with Crippen LogP contribution in [0.1, 0.15) is 38.3 Å². The van der Waals surface area contributed by atoms with Crippen molar-refractivity contribution in [2.24, 2.45) is 0 Å². The fourth-order valence-corrected chi connectivity index (χ4v) is 4.49. The zero-order chi connectivity index (χ0) is 22.7. The van der Waals surface area contributed by atoms with Crippen LogP contribution in [0.5, 0.6) is 0 Å². The lowest BCUT2D eigenvalue weighted by molar-refractivity contribution is -0.129. The Labute approximate surface area is 188 Å². The van der Waals surface area contributed by atoms with Gasteiger partial charge in [0.25, 0.3) is 0 Å². The highest BCUT2D eigenvalue weighted by Crippen LogP contribution is 2.23. The molecule has 4 rings (SSSR count). The Bertz CT molecular complexity index is 833. The van der Waals surface area contributed by atoms with Gasteiger partial charge in [0.05, 0.1) is 0 Å². The van der Waals surface area contributed by atoms with Crippen LogP contribution >= 0.6 is 0 Å². The number of nitrogens with zero attached hydrogens (tertiary/aromatic N) is 3. The average molecular weight is 445 g/mol. The maximum atomic E-state index is 12.6. The molecule has 0 bridgehead atoms. The predicted molar refractivity (Wildman–Crippen MR) is 119 cm³/mol. The standard InChI is InChI=1S/C22H32N6O4/c1-15(17-4-3-5-19(14-17)27-10-8-26(9-11-27)16(2)29)23-20-24-21(30)28(22(31)25-20)18-6-12-32-13-7-18/h3-5,14-15,18,20,23H,6-13H2,1-2H3,(H,24,30)(H,25,31)/t15-/m0/s1. The smallest absolute Gasteiger partial charge is 0.328 e. The van der Waals surface area contributed by atoms with Gasteiger partial charge in [-0.2, -0.15) is 0 Å². The maximum absolute atomic E-state index is 12.6. The second kappa shape index (κ2) is 9.74. The van der Waals surface area contributed by atoms with Gasteiger partial charge >= 0.3 is 12.1 Å². The summed E-state index contributed by atoms with van der Waals surface area (Å²) in [4.78, 5) is 42.2. The summed E-state index contributed by atoms with van der Waals surface area (Å²) in [6.07, 6.45) is 0.662. The van der Waals surface area contributed by atoms with E-state index in [0.29, 0.717) is 26.1 Å². The molecule has 3 aliphatic rings. The fraction of sp³-hybridized carbons (Fsp3) is 0.591. The van der Waals surface area contributed by atoms with Crippen LogP contribution in [0.15, 0.2) is 24.3 Å². The lowest BCUT2D eigenvalue weighted by Crippen LogP contribution is -2.70. The number of carbonyl (C=O) groups excluding carboxylic acids is 3. The molecule has 3 N–H and O–H groups in total. The molecule has 1 aromatic carbocycles. The molecule has 0 saturated carbocycles. The Morgan fingerprint density at radius 2 is 1.75 bits per heavy atom. The van der Waals surface area contributed by atoms with E-state index in [-0.39, 0.29) is 30.1 Å². The molecule has 32 heavy (non-hydrogen) atoms. The molecule has 3 aliphatic heterocycles. The average Bonchev–Trinajstić information content (AvgIpc) is 2.79. The van der Waals surface area contributed by atoms with E-state index >= 15 is 0 Å². The quantitative estimate of drug-likeness (QED) is 0.630. The third kappa shape index (κ3) is 4.97. The molecule has 0 unspecified atom stereocenters. The molecular formula is C22H32N6O4. The van der Waals surface area contributed by atoms with Crippen molar-refractivity contribution in [1.82, 2.24) is 25.8 Å². The van der Waals surface area contributed by atoms with Crippen LogP contribution in [0.2, 0.25) is 0 Å². The van der Waals surface area contributed by atoms with Gasteiger partial charge < -0.3 is 25.2 Å². The highest BCUT2D eigenvalue weighted by Gasteiger charge is 2.37. The Hall–Kier alpha value is -2.85. The minimum Gasteiger partial charge on any atom is -0.381 e. The van der Waals surface area contributed by atoms with Crippen LogP contribution < -0.4 is 20.9 Å². The summed E-state index contributed by atoms with van der Waals surface area (Å²) < 4.78 is 5.33. The number of amides is 5. The summed E-state index contributed by atoms with van der Waals surface area (Å²) in [5.74, 6) is 0.114. The molecule has 1 atom stereocenters. The molecule has 3 saturated heterocycles. The van der Waals surface area contributed by atoms with Crippen molar-refractivity contribution < 1.29 is 19.1 Å². The summed E-state index contributed by atoms with van der Waals surface area (Å²) >= 11 is 0. The fourth-order valence-electron chi connectivity index (χ4n) is 4.49. The van der Waals surface area contributed by atoms with Crippen molar-refractivity contribution >= 4 is 23.7 Å². The predicted octanol–water partition coefficient (Wildman–Crippen LogP) is 1.20. The zero-order valence-electron chi connectivity index (χ0n) is 18.7. The second-order valence-corrected chi connectivity index (χ2v) is 8.52. The number of hydrogen-bond acceptors (Lipinski definition) is 6. The first-order valence-electron chi connectivity index (χ1n) is 11.3. The van der Waals surface area contributed by atoms with Crippen LogP contribution in [0.3, 0.4) is 0 Å². The number of carbonyl (C=O) groups is 3. The lowest BCUT2D eigenvalue weighted by Gasteiger charge is -2.39. The van der Waals surface area contributed by atoms with E-state index < -0.39 is 6.29 Å². The normalized spacial score (nSPS) is 21.9. The van der Waals surface area contributed by atoms with E-state index in [0.717, 1.165) is 37.4 Å². The van der Waals surface area contributed by atoms with Gasteiger partial charge in [-0.3, -0.25) is 10.1 Å². The number of hydrogen-bond donors (Lipinski definition) is 3. The molecule has 3 fully saturated rings. The van der Waals surface area contributed by atoms with Crippen molar-refractivity contribution in [3.8, 4) is 0 Å². The largest absolute Gasteiger partial charge is 0.381 e. The van der Waals surface area contributed by atoms with Gasteiger partial charge in [-0.1, -0.05) is 12.1 Å². The van der Waals surface area contributed by atoms with E-state index in [4.69, 9.17) is 4.74 Å². The van der Waals surface area contributed by atoms with Crippen molar-refractivity contribution in [2.75, 3.05) is 44.3 Å². The molecule has 0 aromatic heterocycles. The second-order valence-electron chi connectivity index (χ2n) is 8.52. The topological polar surface area (TPSA) is 106 Å². The molecule has 1 aromatic rings. The number of piperazine rings is 1. The minimum absolute atomic E-state index is 0.103. The summed E-state index contributed by atoms with van der Waals surface area (Å²) in [6.45, 7) is 7.74. The Balaban J connectivity index is 1.35.